The lowest BCUT2D eigenvalue weighted by molar-refractivity contribution is -0.235. The van der Waals surface area contributed by atoms with Crippen LogP contribution in [-0.2, 0) is 15.9 Å². The molecule has 0 amide bonds. The summed E-state index contributed by atoms with van der Waals surface area (Å²) in [6.45, 7) is 3.48. The van der Waals surface area contributed by atoms with E-state index in [-0.39, 0.29) is 6.61 Å². The summed E-state index contributed by atoms with van der Waals surface area (Å²) in [7, 11) is 0. The Morgan fingerprint density at radius 2 is 1.81 bits per heavy atom. The molecule has 4 rings (SSSR count). The minimum atomic E-state index is -1.37. The molecule has 2 heterocycles. The van der Waals surface area contributed by atoms with Gasteiger partial charge >= 0.3 is 0 Å². The molecular weight excluding hydrogens is 436 g/mol. The van der Waals surface area contributed by atoms with E-state index in [4.69, 9.17) is 30.5 Å². The summed E-state index contributed by atoms with van der Waals surface area (Å²) in [5.41, 5.74) is 2.46. The second-order valence-corrected chi connectivity index (χ2v) is 8.49. The summed E-state index contributed by atoms with van der Waals surface area (Å²) in [6.07, 6.45) is -4.42. The summed E-state index contributed by atoms with van der Waals surface area (Å²) in [6, 6.07) is 11.4. The number of ether oxygens (including phenoxy) is 4. The van der Waals surface area contributed by atoms with E-state index in [1.807, 2.05) is 37.3 Å². The van der Waals surface area contributed by atoms with Gasteiger partial charge in [0.25, 0.3) is 0 Å². The molecule has 1 saturated heterocycles. The van der Waals surface area contributed by atoms with Crippen LogP contribution in [0.3, 0.4) is 0 Å². The Kier molecular flexibility index (Phi) is 7.55. The van der Waals surface area contributed by atoms with Crippen LogP contribution in [0.15, 0.2) is 36.4 Å². The minimum Gasteiger partial charge on any atom is -0.494 e. The van der Waals surface area contributed by atoms with Crippen molar-refractivity contribution in [2.45, 2.75) is 50.3 Å². The van der Waals surface area contributed by atoms with Crippen LogP contribution in [0.1, 0.15) is 36.1 Å². The second-order valence-electron chi connectivity index (χ2n) is 8.08. The average Bonchev–Trinajstić information content (AvgIpc) is 2.82. The fourth-order valence-electron chi connectivity index (χ4n) is 4.08. The first-order chi connectivity index (χ1) is 15.5. The van der Waals surface area contributed by atoms with E-state index in [1.54, 1.807) is 6.07 Å². The normalized spacial score (nSPS) is 28.2. The number of hydrogen-bond acceptors (Lipinski definition) is 7. The van der Waals surface area contributed by atoms with Gasteiger partial charge in [-0.15, -0.1) is 0 Å². The highest BCUT2D eigenvalue weighted by atomic mass is 35.5. The molecule has 5 atom stereocenters. The Balaban J connectivity index is 1.68. The predicted octanol–water partition coefficient (Wildman–Crippen LogP) is 2.65. The molecule has 0 aliphatic carbocycles. The van der Waals surface area contributed by atoms with Gasteiger partial charge in [-0.3, -0.25) is 0 Å². The number of rotatable bonds is 4. The van der Waals surface area contributed by atoms with Crippen molar-refractivity contribution in [2.75, 3.05) is 26.4 Å². The molecule has 0 unspecified atom stereocenters. The van der Waals surface area contributed by atoms with Gasteiger partial charge in [-0.25, -0.2) is 0 Å². The van der Waals surface area contributed by atoms with E-state index < -0.39 is 30.5 Å². The van der Waals surface area contributed by atoms with Crippen molar-refractivity contribution < 1.29 is 34.3 Å². The first-order valence-corrected chi connectivity index (χ1v) is 11.3. The Bertz CT molecular complexity index is 904. The fraction of sp³-hybridized carbons (Fsp3) is 0.500. The Morgan fingerprint density at radius 3 is 2.56 bits per heavy atom. The van der Waals surface area contributed by atoms with Crippen molar-refractivity contribution in [1.82, 2.24) is 0 Å². The molecule has 174 valence electrons. The summed E-state index contributed by atoms with van der Waals surface area (Å²) in [4.78, 5) is 0. The minimum absolute atomic E-state index is 0.114. The fourth-order valence-corrected chi connectivity index (χ4v) is 4.30. The van der Waals surface area contributed by atoms with E-state index in [2.05, 4.69) is 0 Å². The van der Waals surface area contributed by atoms with Crippen LogP contribution in [0.4, 0.5) is 0 Å². The van der Waals surface area contributed by atoms with Crippen LogP contribution in [0.2, 0.25) is 5.02 Å². The number of hydrogen-bond donors (Lipinski definition) is 3. The zero-order chi connectivity index (χ0) is 22.7. The van der Waals surface area contributed by atoms with Crippen LogP contribution in [-0.4, -0.2) is 66.2 Å². The third-order valence-electron chi connectivity index (χ3n) is 5.80. The van der Waals surface area contributed by atoms with Gasteiger partial charge in [-0.2, -0.15) is 0 Å². The molecule has 0 radical (unpaired) electrons. The molecule has 2 bridgehead atoms. The molecule has 1 fully saturated rings. The number of benzene rings is 2. The summed E-state index contributed by atoms with van der Waals surface area (Å²) in [5, 5.41) is 32.0. The van der Waals surface area contributed by atoms with Crippen LogP contribution in [0, 0.1) is 0 Å². The Hall–Kier alpha value is -1.87. The topological polar surface area (TPSA) is 97.6 Å². The first kappa shape index (κ1) is 23.3. The van der Waals surface area contributed by atoms with Gasteiger partial charge in [0.05, 0.1) is 19.8 Å². The predicted molar refractivity (Wildman–Crippen MR) is 118 cm³/mol. The number of fused-ring (bicyclic) bond motifs is 4. The number of aliphatic hydroxyl groups excluding tert-OH is 3. The molecule has 2 aliphatic heterocycles. The second kappa shape index (κ2) is 10.4. The average molecular weight is 465 g/mol. The third kappa shape index (κ3) is 5.03. The number of aliphatic hydroxyl groups is 3. The maximum Gasteiger partial charge on any atom is 0.126 e. The van der Waals surface area contributed by atoms with Crippen LogP contribution >= 0.6 is 11.6 Å². The highest BCUT2D eigenvalue weighted by Gasteiger charge is 2.45. The quantitative estimate of drug-likeness (QED) is 0.640. The number of halogens is 1. The Morgan fingerprint density at radius 1 is 1.03 bits per heavy atom. The van der Waals surface area contributed by atoms with Gasteiger partial charge in [0, 0.05) is 23.6 Å². The van der Waals surface area contributed by atoms with Gasteiger partial charge in [0.2, 0.25) is 0 Å². The van der Waals surface area contributed by atoms with Gasteiger partial charge < -0.3 is 34.3 Å². The zero-order valence-electron chi connectivity index (χ0n) is 17.9. The van der Waals surface area contributed by atoms with Gasteiger partial charge in [-0.1, -0.05) is 23.7 Å². The molecule has 2 aliphatic rings. The molecule has 8 heteroatoms. The summed E-state index contributed by atoms with van der Waals surface area (Å²) >= 11 is 6.59. The van der Waals surface area contributed by atoms with Crippen LogP contribution in [0.5, 0.6) is 11.5 Å². The van der Waals surface area contributed by atoms with Crippen molar-refractivity contribution in [3.63, 3.8) is 0 Å². The standard InChI is InChI=1S/C24H29ClO7/c1-2-30-16-6-4-14(5-7-16)10-15-11-17-19(12-18(15)25)31-9-3-8-29-13-20-21(26)22(27)23(28)24(17)32-20/h4-7,11-12,20-24,26-28H,2-3,8-10,13H2,1H3/t20-,21-,22+,23-,24+/m1/s1. The van der Waals surface area contributed by atoms with E-state index in [9.17, 15) is 15.3 Å². The largest absolute Gasteiger partial charge is 0.494 e. The molecule has 7 nitrogen and oxygen atoms in total. The lowest BCUT2D eigenvalue weighted by atomic mass is 9.89. The van der Waals surface area contributed by atoms with Crippen molar-refractivity contribution in [3.05, 3.63) is 58.1 Å². The summed E-state index contributed by atoms with van der Waals surface area (Å²) in [5.74, 6) is 1.29. The van der Waals surface area contributed by atoms with E-state index in [0.717, 1.165) is 16.9 Å². The van der Waals surface area contributed by atoms with Crippen molar-refractivity contribution in [1.29, 1.82) is 0 Å². The summed E-state index contributed by atoms with van der Waals surface area (Å²) < 4.78 is 23.0. The van der Waals surface area contributed by atoms with Crippen molar-refractivity contribution in [3.8, 4) is 11.5 Å². The van der Waals surface area contributed by atoms with Crippen LogP contribution < -0.4 is 9.47 Å². The Labute approximate surface area is 192 Å². The molecule has 3 N–H and O–H groups in total. The van der Waals surface area contributed by atoms with E-state index in [1.165, 1.54) is 0 Å². The molecule has 2 aromatic rings. The monoisotopic (exact) mass is 464 g/mol. The lowest BCUT2D eigenvalue weighted by Gasteiger charge is -2.41. The first-order valence-electron chi connectivity index (χ1n) is 10.9. The molecule has 2 aromatic carbocycles. The van der Waals surface area contributed by atoms with Crippen molar-refractivity contribution >= 4 is 11.6 Å². The van der Waals surface area contributed by atoms with Crippen LogP contribution in [0.25, 0.3) is 0 Å². The molecule has 0 saturated carbocycles. The third-order valence-corrected chi connectivity index (χ3v) is 6.15. The smallest absolute Gasteiger partial charge is 0.126 e. The highest BCUT2D eigenvalue weighted by Crippen LogP contribution is 2.40. The lowest BCUT2D eigenvalue weighted by Crippen LogP contribution is -2.55. The molecule has 0 spiro atoms. The van der Waals surface area contributed by atoms with E-state index in [0.29, 0.717) is 49.0 Å². The zero-order valence-corrected chi connectivity index (χ0v) is 18.7. The van der Waals surface area contributed by atoms with Crippen molar-refractivity contribution in [2.24, 2.45) is 0 Å². The van der Waals surface area contributed by atoms with Gasteiger partial charge in [-0.05, 0) is 48.7 Å². The maximum atomic E-state index is 10.7. The van der Waals surface area contributed by atoms with Gasteiger partial charge in [0.1, 0.15) is 42.0 Å². The maximum absolute atomic E-state index is 10.7. The van der Waals surface area contributed by atoms with E-state index >= 15 is 0 Å². The van der Waals surface area contributed by atoms with Gasteiger partial charge in [0.15, 0.2) is 0 Å². The molecule has 0 aromatic heterocycles. The highest BCUT2D eigenvalue weighted by molar-refractivity contribution is 6.31. The SMILES string of the molecule is CCOc1ccc(Cc2cc3c(cc2Cl)OCCCOC[C@H]2O[C@@H]3[C@H](O)[C@@H](O)[C@@H]2O)cc1. The molecule has 32 heavy (non-hydrogen) atoms. The molecular formula is C24H29ClO7.